The maximum atomic E-state index is 13.3. The average molecular weight is 442 g/mol. The largest absolute Gasteiger partial charge is 0.493 e. The maximum absolute atomic E-state index is 13.3. The summed E-state index contributed by atoms with van der Waals surface area (Å²) in [5.74, 6) is 1.29. The Kier molecular flexibility index (Phi) is 5.38. The van der Waals surface area contributed by atoms with Crippen molar-refractivity contribution in [2.45, 2.75) is 31.8 Å². The second kappa shape index (κ2) is 8.10. The molecule has 0 saturated heterocycles. The molecule has 0 spiro atoms. The Morgan fingerprint density at radius 2 is 2.14 bits per heavy atom. The first-order valence-corrected chi connectivity index (χ1v) is 9.92. The number of fused-ring (bicyclic) bond motifs is 1. The predicted molar refractivity (Wildman–Crippen MR) is 107 cm³/mol. The summed E-state index contributed by atoms with van der Waals surface area (Å²) in [5, 5.41) is 14.9. The second-order valence-electron chi connectivity index (χ2n) is 6.76. The van der Waals surface area contributed by atoms with Crippen molar-refractivity contribution in [1.82, 2.24) is 25.5 Å². The van der Waals surface area contributed by atoms with Gasteiger partial charge < -0.3 is 10.1 Å². The lowest BCUT2D eigenvalue weighted by atomic mass is 9.99. The van der Waals surface area contributed by atoms with Gasteiger partial charge in [-0.05, 0) is 41.1 Å². The van der Waals surface area contributed by atoms with Crippen LogP contribution in [0, 0.1) is 6.92 Å². The van der Waals surface area contributed by atoms with E-state index in [0.717, 1.165) is 21.3 Å². The summed E-state index contributed by atoms with van der Waals surface area (Å²) >= 11 is 3.50. The van der Waals surface area contributed by atoms with Gasteiger partial charge in [0.1, 0.15) is 17.6 Å². The number of rotatable bonds is 5. The highest BCUT2D eigenvalue weighted by Crippen LogP contribution is 2.34. The molecule has 1 aliphatic rings. The van der Waals surface area contributed by atoms with Gasteiger partial charge in [0, 0.05) is 22.9 Å². The molecule has 1 N–H and O–H groups in total. The van der Waals surface area contributed by atoms with E-state index in [1.807, 2.05) is 48.5 Å². The molecule has 28 heavy (non-hydrogen) atoms. The zero-order valence-electron chi connectivity index (χ0n) is 15.4. The van der Waals surface area contributed by atoms with Crippen molar-refractivity contribution in [2.75, 3.05) is 6.61 Å². The highest BCUT2D eigenvalue weighted by atomic mass is 79.9. The lowest BCUT2D eigenvalue weighted by Gasteiger charge is -2.28. The number of carbonyl (C=O) groups excluding carboxylic acids is 1. The Bertz CT molecular complexity index is 976. The topological polar surface area (TPSA) is 81.9 Å². The van der Waals surface area contributed by atoms with Crippen LogP contribution in [-0.4, -0.2) is 32.7 Å². The van der Waals surface area contributed by atoms with Crippen LogP contribution in [0.25, 0.3) is 0 Å². The number of benzene rings is 2. The van der Waals surface area contributed by atoms with Crippen LogP contribution in [0.5, 0.6) is 5.75 Å². The zero-order chi connectivity index (χ0) is 19.5. The SMILES string of the molecule is Cc1nnnn1C(Cc1ccccc1)C(=O)NC1CCOc2ccc(Br)cc21. The molecular weight excluding hydrogens is 422 g/mol. The molecule has 1 amide bonds. The Hall–Kier alpha value is -2.74. The van der Waals surface area contributed by atoms with Gasteiger partial charge in [0.15, 0.2) is 0 Å². The summed E-state index contributed by atoms with van der Waals surface area (Å²) in [6.45, 7) is 2.36. The summed E-state index contributed by atoms with van der Waals surface area (Å²) < 4.78 is 8.27. The number of tetrazole rings is 1. The molecule has 0 radical (unpaired) electrons. The van der Waals surface area contributed by atoms with Gasteiger partial charge in [-0.3, -0.25) is 4.79 Å². The minimum absolute atomic E-state index is 0.114. The first-order chi connectivity index (χ1) is 13.6. The smallest absolute Gasteiger partial charge is 0.245 e. The number of hydrogen-bond donors (Lipinski definition) is 1. The van der Waals surface area contributed by atoms with Crippen LogP contribution in [0.4, 0.5) is 0 Å². The van der Waals surface area contributed by atoms with Crippen LogP contribution in [0.2, 0.25) is 0 Å². The quantitative estimate of drug-likeness (QED) is 0.657. The minimum atomic E-state index is -0.532. The molecule has 0 aliphatic carbocycles. The molecule has 7 nitrogen and oxygen atoms in total. The fraction of sp³-hybridized carbons (Fsp3) is 0.300. The van der Waals surface area contributed by atoms with Crippen LogP contribution >= 0.6 is 15.9 Å². The van der Waals surface area contributed by atoms with Crippen molar-refractivity contribution in [3.63, 3.8) is 0 Å². The number of aryl methyl sites for hydroxylation is 1. The number of aromatic nitrogens is 4. The van der Waals surface area contributed by atoms with E-state index in [2.05, 4.69) is 36.8 Å². The molecule has 0 bridgehead atoms. The van der Waals surface area contributed by atoms with Crippen molar-refractivity contribution in [3.05, 3.63) is 70.0 Å². The minimum Gasteiger partial charge on any atom is -0.493 e. The molecule has 0 saturated carbocycles. The van der Waals surface area contributed by atoms with Gasteiger partial charge in [0.05, 0.1) is 12.6 Å². The number of hydrogen-bond acceptors (Lipinski definition) is 5. The van der Waals surface area contributed by atoms with Gasteiger partial charge in [-0.15, -0.1) is 5.10 Å². The van der Waals surface area contributed by atoms with Gasteiger partial charge in [0.25, 0.3) is 0 Å². The molecule has 144 valence electrons. The van der Waals surface area contributed by atoms with Gasteiger partial charge in [-0.25, -0.2) is 4.68 Å². The van der Waals surface area contributed by atoms with Gasteiger partial charge in [0.2, 0.25) is 5.91 Å². The lowest BCUT2D eigenvalue weighted by molar-refractivity contribution is -0.125. The van der Waals surface area contributed by atoms with E-state index in [0.29, 0.717) is 25.3 Å². The molecule has 2 aromatic carbocycles. The Labute approximate surface area is 171 Å². The number of carbonyl (C=O) groups is 1. The predicted octanol–water partition coefficient (Wildman–Crippen LogP) is 3.17. The Morgan fingerprint density at radius 1 is 1.32 bits per heavy atom. The highest BCUT2D eigenvalue weighted by Gasteiger charge is 2.29. The third-order valence-corrected chi connectivity index (χ3v) is 5.35. The van der Waals surface area contributed by atoms with Crippen molar-refractivity contribution < 1.29 is 9.53 Å². The standard InChI is InChI=1S/C20H20BrN5O2/c1-13-23-24-25-26(13)18(11-14-5-3-2-4-6-14)20(27)22-17-9-10-28-19-8-7-15(21)12-16(17)19/h2-8,12,17-18H,9-11H2,1H3,(H,22,27). The van der Waals surface area contributed by atoms with E-state index in [1.165, 1.54) is 0 Å². The van der Waals surface area contributed by atoms with Crippen molar-refractivity contribution >= 4 is 21.8 Å². The van der Waals surface area contributed by atoms with Crippen molar-refractivity contribution in [2.24, 2.45) is 0 Å². The summed E-state index contributed by atoms with van der Waals surface area (Å²) in [5.41, 5.74) is 2.02. The van der Waals surface area contributed by atoms with E-state index in [1.54, 1.807) is 11.6 Å². The van der Waals surface area contributed by atoms with E-state index >= 15 is 0 Å². The van der Waals surface area contributed by atoms with Crippen LogP contribution in [0.3, 0.4) is 0 Å². The van der Waals surface area contributed by atoms with Crippen LogP contribution in [-0.2, 0) is 11.2 Å². The van der Waals surface area contributed by atoms with Gasteiger partial charge in [-0.2, -0.15) is 0 Å². The molecule has 8 heteroatoms. The summed E-state index contributed by atoms with van der Waals surface area (Å²) in [4.78, 5) is 13.3. The average Bonchev–Trinajstić information content (AvgIpc) is 3.13. The summed E-state index contributed by atoms with van der Waals surface area (Å²) in [6, 6.07) is 15.1. The summed E-state index contributed by atoms with van der Waals surface area (Å²) in [7, 11) is 0. The van der Waals surface area contributed by atoms with E-state index in [-0.39, 0.29) is 11.9 Å². The third-order valence-electron chi connectivity index (χ3n) is 4.85. The summed E-state index contributed by atoms with van der Waals surface area (Å²) in [6.07, 6.45) is 1.22. The molecule has 1 aliphatic heterocycles. The van der Waals surface area contributed by atoms with Gasteiger partial charge in [-0.1, -0.05) is 46.3 Å². The number of ether oxygens (including phenoxy) is 1. The van der Waals surface area contributed by atoms with Crippen LogP contribution in [0.15, 0.2) is 53.0 Å². The number of nitrogens with one attached hydrogen (secondary N) is 1. The van der Waals surface area contributed by atoms with Crippen LogP contribution in [0.1, 0.15) is 35.5 Å². The number of amides is 1. The first kappa shape index (κ1) is 18.6. The van der Waals surface area contributed by atoms with Gasteiger partial charge >= 0.3 is 0 Å². The Balaban J connectivity index is 1.60. The Morgan fingerprint density at radius 3 is 2.89 bits per heavy atom. The fourth-order valence-corrected chi connectivity index (χ4v) is 3.82. The van der Waals surface area contributed by atoms with E-state index in [4.69, 9.17) is 4.74 Å². The second-order valence-corrected chi connectivity index (χ2v) is 7.67. The normalized spacial score (nSPS) is 16.7. The molecule has 2 heterocycles. The first-order valence-electron chi connectivity index (χ1n) is 9.13. The molecular formula is C20H20BrN5O2. The fourth-order valence-electron chi connectivity index (χ4n) is 3.44. The molecule has 3 aromatic rings. The molecule has 4 rings (SSSR count). The monoisotopic (exact) mass is 441 g/mol. The number of halogens is 1. The van der Waals surface area contributed by atoms with E-state index < -0.39 is 6.04 Å². The maximum Gasteiger partial charge on any atom is 0.245 e. The van der Waals surface area contributed by atoms with Crippen LogP contribution < -0.4 is 10.1 Å². The highest BCUT2D eigenvalue weighted by molar-refractivity contribution is 9.10. The van der Waals surface area contributed by atoms with Crippen molar-refractivity contribution in [3.8, 4) is 5.75 Å². The zero-order valence-corrected chi connectivity index (χ0v) is 17.0. The molecule has 0 fully saturated rings. The molecule has 2 atom stereocenters. The molecule has 1 aromatic heterocycles. The van der Waals surface area contributed by atoms with E-state index in [9.17, 15) is 4.79 Å². The number of nitrogens with zero attached hydrogens (tertiary/aromatic N) is 4. The lowest BCUT2D eigenvalue weighted by Crippen LogP contribution is -2.39. The third kappa shape index (κ3) is 3.91. The molecule has 2 unspecified atom stereocenters. The van der Waals surface area contributed by atoms with Crippen molar-refractivity contribution in [1.29, 1.82) is 0 Å².